The summed E-state index contributed by atoms with van der Waals surface area (Å²) < 4.78 is 26.1. The monoisotopic (exact) mass is 340 g/mol. The Morgan fingerprint density at radius 2 is 1.87 bits per heavy atom. The molecule has 1 amide bonds. The van der Waals surface area contributed by atoms with Gasteiger partial charge in [0.15, 0.2) is 0 Å². The predicted octanol–water partition coefficient (Wildman–Crippen LogP) is 0.603. The molecule has 0 bridgehead atoms. The quantitative estimate of drug-likeness (QED) is 0.721. The Morgan fingerprint density at radius 3 is 2.35 bits per heavy atom. The highest BCUT2D eigenvalue weighted by Crippen LogP contribution is 2.27. The smallest absolute Gasteiger partial charge is 0.323 e. The summed E-state index contributed by atoms with van der Waals surface area (Å²) in [6.07, 6.45) is 1.73. The van der Waals surface area contributed by atoms with E-state index in [9.17, 15) is 18.0 Å². The van der Waals surface area contributed by atoms with Gasteiger partial charge in [-0.1, -0.05) is 19.1 Å². The lowest BCUT2D eigenvalue weighted by Gasteiger charge is -2.20. The third-order valence-electron chi connectivity index (χ3n) is 3.54. The lowest BCUT2D eigenvalue weighted by atomic mass is 10.1. The zero-order chi connectivity index (χ0) is 17.0. The molecule has 0 saturated heterocycles. The lowest BCUT2D eigenvalue weighted by molar-refractivity contribution is -0.144. The van der Waals surface area contributed by atoms with E-state index in [0.717, 1.165) is 12.8 Å². The molecule has 2 N–H and O–H groups in total. The van der Waals surface area contributed by atoms with Crippen LogP contribution >= 0.6 is 0 Å². The average molecular weight is 340 g/mol. The molecule has 0 aliphatic heterocycles. The maximum Gasteiger partial charge on any atom is 0.323 e. The van der Waals surface area contributed by atoms with E-state index < -0.39 is 16.0 Å². The van der Waals surface area contributed by atoms with E-state index in [1.54, 1.807) is 19.1 Å². The molecular formula is C15H20N2O5S. The minimum atomic E-state index is -3.51. The van der Waals surface area contributed by atoms with Crippen molar-refractivity contribution >= 4 is 21.9 Å². The molecule has 0 radical (unpaired) electrons. The van der Waals surface area contributed by atoms with E-state index in [1.807, 2.05) is 0 Å². The number of carbonyl (C=O) groups is 2. The standard InChI is InChI=1S/C15H20N2O5S/c1-2-16-23(21,22)13-7-3-11(4-8-13)9-14(18)17(10-15(19)20)12-5-6-12/h3-4,7-8,12,16H,2,5-6,9-10H2,1H3,(H,19,20). The van der Waals surface area contributed by atoms with Gasteiger partial charge in [0, 0.05) is 12.6 Å². The van der Waals surface area contributed by atoms with Gasteiger partial charge in [-0.25, -0.2) is 13.1 Å². The molecule has 1 fully saturated rings. The van der Waals surface area contributed by atoms with Crippen molar-refractivity contribution in [3.63, 3.8) is 0 Å². The number of hydrogen-bond donors (Lipinski definition) is 2. The molecule has 1 aliphatic carbocycles. The van der Waals surface area contributed by atoms with Crippen molar-refractivity contribution in [2.75, 3.05) is 13.1 Å². The van der Waals surface area contributed by atoms with E-state index >= 15 is 0 Å². The topological polar surface area (TPSA) is 104 Å². The summed E-state index contributed by atoms with van der Waals surface area (Å²) in [4.78, 5) is 24.6. The zero-order valence-electron chi connectivity index (χ0n) is 12.9. The van der Waals surface area contributed by atoms with Crippen LogP contribution in [0.5, 0.6) is 0 Å². The number of rotatable bonds is 8. The van der Waals surface area contributed by atoms with Crippen LogP contribution in [-0.4, -0.2) is 49.4 Å². The van der Waals surface area contributed by atoms with E-state index in [-0.39, 0.29) is 29.8 Å². The number of nitrogens with zero attached hydrogens (tertiary/aromatic N) is 1. The molecule has 1 aromatic carbocycles. The van der Waals surface area contributed by atoms with Crippen LogP contribution in [0.1, 0.15) is 25.3 Å². The molecule has 1 saturated carbocycles. The molecule has 23 heavy (non-hydrogen) atoms. The molecule has 0 spiro atoms. The highest BCUT2D eigenvalue weighted by atomic mass is 32.2. The summed E-state index contributed by atoms with van der Waals surface area (Å²) in [5.74, 6) is -1.28. The van der Waals surface area contributed by atoms with Gasteiger partial charge in [0.1, 0.15) is 6.54 Å². The summed E-state index contributed by atoms with van der Waals surface area (Å²) >= 11 is 0. The van der Waals surface area contributed by atoms with Crippen LogP contribution in [0.15, 0.2) is 29.2 Å². The number of carbonyl (C=O) groups excluding carboxylic acids is 1. The Bertz CT molecular complexity index is 680. The normalized spacial score (nSPS) is 14.5. The number of carboxylic acid groups (broad SMARTS) is 1. The zero-order valence-corrected chi connectivity index (χ0v) is 13.7. The summed E-state index contributed by atoms with van der Waals surface area (Å²) in [6.45, 7) is 1.70. The van der Waals surface area contributed by atoms with Crippen LogP contribution in [0.2, 0.25) is 0 Å². The Balaban J connectivity index is 2.05. The second-order valence-corrected chi connectivity index (χ2v) is 7.24. The fraction of sp³-hybridized carbons (Fsp3) is 0.467. The largest absolute Gasteiger partial charge is 0.480 e. The molecule has 126 valence electrons. The first-order valence-corrected chi connectivity index (χ1v) is 8.91. The fourth-order valence-corrected chi connectivity index (χ4v) is 3.33. The van der Waals surface area contributed by atoms with E-state index in [4.69, 9.17) is 5.11 Å². The number of hydrogen-bond acceptors (Lipinski definition) is 4. The molecule has 2 rings (SSSR count). The number of amides is 1. The molecule has 0 heterocycles. The lowest BCUT2D eigenvalue weighted by Crippen LogP contribution is -2.38. The number of aliphatic carboxylic acids is 1. The minimum absolute atomic E-state index is 0.0204. The summed E-state index contributed by atoms with van der Waals surface area (Å²) in [5, 5.41) is 8.88. The van der Waals surface area contributed by atoms with Crippen LogP contribution in [0.3, 0.4) is 0 Å². The Labute approximate surface area is 135 Å². The average Bonchev–Trinajstić information content (AvgIpc) is 3.29. The van der Waals surface area contributed by atoms with Crippen LogP contribution in [-0.2, 0) is 26.0 Å². The van der Waals surface area contributed by atoms with Crippen molar-refractivity contribution in [3.8, 4) is 0 Å². The van der Waals surface area contributed by atoms with Gasteiger partial charge in [-0.05, 0) is 30.5 Å². The molecule has 0 aromatic heterocycles. The molecule has 8 heteroatoms. The Kier molecular flexibility index (Phi) is 5.38. The Morgan fingerprint density at radius 1 is 1.26 bits per heavy atom. The second kappa shape index (κ2) is 7.10. The number of carboxylic acids is 1. The third kappa shape index (κ3) is 4.77. The highest BCUT2D eigenvalue weighted by molar-refractivity contribution is 7.89. The van der Waals surface area contributed by atoms with Gasteiger partial charge in [0.2, 0.25) is 15.9 Å². The number of benzene rings is 1. The first-order valence-electron chi connectivity index (χ1n) is 7.43. The first-order chi connectivity index (χ1) is 10.8. The van der Waals surface area contributed by atoms with Gasteiger partial charge >= 0.3 is 5.97 Å². The summed E-state index contributed by atoms with van der Waals surface area (Å²) in [7, 11) is -3.51. The highest BCUT2D eigenvalue weighted by Gasteiger charge is 2.33. The first kappa shape index (κ1) is 17.4. The Hall–Kier alpha value is -1.93. The van der Waals surface area contributed by atoms with Crippen LogP contribution in [0.4, 0.5) is 0 Å². The van der Waals surface area contributed by atoms with Crippen molar-refractivity contribution in [3.05, 3.63) is 29.8 Å². The summed E-state index contributed by atoms with van der Waals surface area (Å²) in [6, 6.07) is 6.06. The fourth-order valence-electron chi connectivity index (χ4n) is 2.29. The predicted molar refractivity (Wildman–Crippen MR) is 83.4 cm³/mol. The van der Waals surface area contributed by atoms with E-state index in [1.165, 1.54) is 17.0 Å². The second-order valence-electron chi connectivity index (χ2n) is 5.47. The SMILES string of the molecule is CCNS(=O)(=O)c1ccc(CC(=O)N(CC(=O)O)C2CC2)cc1. The molecule has 1 aromatic rings. The van der Waals surface area contributed by atoms with Gasteiger partial charge < -0.3 is 10.0 Å². The minimum Gasteiger partial charge on any atom is -0.480 e. The van der Waals surface area contributed by atoms with E-state index in [0.29, 0.717) is 12.1 Å². The van der Waals surface area contributed by atoms with E-state index in [2.05, 4.69) is 4.72 Å². The van der Waals surface area contributed by atoms with Crippen molar-refractivity contribution in [1.82, 2.24) is 9.62 Å². The van der Waals surface area contributed by atoms with Crippen molar-refractivity contribution < 1.29 is 23.1 Å². The molecule has 1 aliphatic rings. The van der Waals surface area contributed by atoms with Gasteiger partial charge in [-0.2, -0.15) is 0 Å². The molecule has 0 unspecified atom stereocenters. The van der Waals surface area contributed by atoms with Crippen molar-refractivity contribution in [1.29, 1.82) is 0 Å². The van der Waals surface area contributed by atoms with Gasteiger partial charge in [0.25, 0.3) is 0 Å². The van der Waals surface area contributed by atoms with Gasteiger partial charge in [0.05, 0.1) is 11.3 Å². The van der Waals surface area contributed by atoms with Gasteiger partial charge in [-0.15, -0.1) is 0 Å². The third-order valence-corrected chi connectivity index (χ3v) is 5.10. The van der Waals surface area contributed by atoms with Crippen molar-refractivity contribution in [2.24, 2.45) is 0 Å². The van der Waals surface area contributed by atoms with Gasteiger partial charge in [-0.3, -0.25) is 9.59 Å². The van der Waals surface area contributed by atoms with Crippen molar-refractivity contribution in [2.45, 2.75) is 37.1 Å². The molecule has 7 nitrogen and oxygen atoms in total. The van der Waals surface area contributed by atoms with Crippen LogP contribution in [0.25, 0.3) is 0 Å². The maximum atomic E-state index is 12.2. The molecule has 0 atom stereocenters. The summed E-state index contributed by atoms with van der Waals surface area (Å²) in [5.41, 5.74) is 0.654. The maximum absolute atomic E-state index is 12.2. The number of sulfonamides is 1. The van der Waals surface area contributed by atoms with Crippen LogP contribution < -0.4 is 4.72 Å². The molecular weight excluding hydrogens is 320 g/mol. The van der Waals surface area contributed by atoms with Crippen LogP contribution in [0, 0.1) is 0 Å². The number of nitrogens with one attached hydrogen (secondary N) is 1.